The Morgan fingerprint density at radius 3 is 2.80 bits per heavy atom. The fourth-order valence-corrected chi connectivity index (χ4v) is 3.02. The van der Waals surface area contributed by atoms with Crippen LogP contribution < -0.4 is 0 Å². The minimum atomic E-state index is -3.70. The van der Waals surface area contributed by atoms with Crippen molar-refractivity contribution in [1.82, 2.24) is 10.1 Å². The minimum Gasteiger partial charge on any atom is -0.338 e. The molecule has 0 aliphatic rings. The van der Waals surface area contributed by atoms with Crippen LogP contribution in [0.5, 0.6) is 0 Å². The van der Waals surface area contributed by atoms with Gasteiger partial charge in [-0.1, -0.05) is 23.7 Å². The zero-order valence-electron chi connectivity index (χ0n) is 10.6. The molecular formula is C12H12ClFN2O3S. The number of hydrogen-bond acceptors (Lipinski definition) is 5. The van der Waals surface area contributed by atoms with Crippen LogP contribution in [0.4, 0.5) is 4.39 Å². The molecule has 0 spiro atoms. The fourth-order valence-electron chi connectivity index (χ4n) is 1.59. The van der Waals surface area contributed by atoms with Gasteiger partial charge in [0.15, 0.2) is 15.7 Å². The summed E-state index contributed by atoms with van der Waals surface area (Å²) in [5.41, 5.74) is 0. The van der Waals surface area contributed by atoms with Crippen molar-refractivity contribution in [1.29, 1.82) is 0 Å². The zero-order valence-corrected chi connectivity index (χ0v) is 12.2. The summed E-state index contributed by atoms with van der Waals surface area (Å²) in [6.07, 6.45) is 1.45. The van der Waals surface area contributed by atoms with Crippen molar-refractivity contribution in [3.8, 4) is 0 Å². The van der Waals surface area contributed by atoms with E-state index in [1.165, 1.54) is 0 Å². The van der Waals surface area contributed by atoms with Gasteiger partial charge < -0.3 is 4.52 Å². The summed E-state index contributed by atoms with van der Waals surface area (Å²) in [4.78, 5) is 3.90. The Morgan fingerprint density at radius 2 is 2.15 bits per heavy atom. The summed E-state index contributed by atoms with van der Waals surface area (Å²) in [6, 6.07) is 3.22. The molecule has 1 aromatic heterocycles. The van der Waals surface area contributed by atoms with Gasteiger partial charge in [-0.25, -0.2) is 12.8 Å². The van der Waals surface area contributed by atoms with Gasteiger partial charge in [-0.3, -0.25) is 0 Å². The monoisotopic (exact) mass is 318 g/mol. The van der Waals surface area contributed by atoms with E-state index in [2.05, 4.69) is 10.1 Å². The Kier molecular flexibility index (Phi) is 4.39. The van der Waals surface area contributed by atoms with Gasteiger partial charge in [-0.05, 0) is 24.6 Å². The third-order valence-electron chi connectivity index (χ3n) is 2.55. The zero-order chi connectivity index (χ0) is 14.8. The molecule has 108 valence electrons. The van der Waals surface area contributed by atoms with Crippen LogP contribution in [0.1, 0.15) is 25.1 Å². The molecule has 0 saturated carbocycles. The van der Waals surface area contributed by atoms with Crippen molar-refractivity contribution >= 4 is 21.4 Å². The van der Waals surface area contributed by atoms with E-state index < -0.39 is 21.4 Å². The van der Waals surface area contributed by atoms with Gasteiger partial charge in [0.05, 0.1) is 9.92 Å². The van der Waals surface area contributed by atoms with Crippen LogP contribution in [0.2, 0.25) is 5.02 Å². The highest BCUT2D eigenvalue weighted by atomic mass is 35.5. The Balaban J connectivity index is 2.23. The second-order valence-electron chi connectivity index (χ2n) is 4.19. The quantitative estimate of drug-likeness (QED) is 0.793. The molecule has 0 fully saturated rings. The summed E-state index contributed by atoms with van der Waals surface area (Å²) >= 11 is 5.58. The first-order valence-electron chi connectivity index (χ1n) is 5.91. The lowest BCUT2D eigenvalue weighted by molar-refractivity contribution is 0.382. The van der Waals surface area contributed by atoms with Gasteiger partial charge in [0.1, 0.15) is 11.6 Å². The molecule has 8 heteroatoms. The van der Waals surface area contributed by atoms with E-state index in [1.807, 2.05) is 6.92 Å². The molecule has 0 amide bonds. The number of benzene rings is 1. The Hall–Kier alpha value is -1.47. The second kappa shape index (κ2) is 5.88. The second-order valence-corrected chi connectivity index (χ2v) is 6.59. The Bertz CT molecular complexity index is 715. The maximum atomic E-state index is 13.0. The first-order chi connectivity index (χ1) is 9.42. The molecule has 0 saturated heterocycles. The van der Waals surface area contributed by atoms with Crippen LogP contribution >= 0.6 is 11.6 Å². The number of rotatable bonds is 5. The molecule has 0 bridgehead atoms. The summed E-state index contributed by atoms with van der Waals surface area (Å²) in [7, 11) is -3.70. The van der Waals surface area contributed by atoms with Gasteiger partial charge in [-0.2, -0.15) is 4.98 Å². The SMILES string of the molecule is CCCc1noc(CS(=O)(=O)c2ccc(F)c(Cl)c2)n1. The maximum Gasteiger partial charge on any atom is 0.242 e. The normalized spacial score (nSPS) is 11.8. The van der Waals surface area contributed by atoms with Crippen molar-refractivity contribution in [3.63, 3.8) is 0 Å². The molecule has 0 atom stereocenters. The predicted molar refractivity (Wildman–Crippen MR) is 70.6 cm³/mol. The number of nitrogens with zero attached hydrogens (tertiary/aromatic N) is 2. The van der Waals surface area contributed by atoms with Crippen molar-refractivity contribution in [2.24, 2.45) is 0 Å². The molecule has 0 unspecified atom stereocenters. The summed E-state index contributed by atoms with van der Waals surface area (Å²) in [5, 5.41) is 3.43. The van der Waals surface area contributed by atoms with E-state index in [0.29, 0.717) is 12.2 Å². The van der Waals surface area contributed by atoms with Crippen LogP contribution in [0.15, 0.2) is 27.6 Å². The van der Waals surface area contributed by atoms with Crippen LogP contribution in [0.25, 0.3) is 0 Å². The van der Waals surface area contributed by atoms with E-state index in [-0.39, 0.29) is 15.8 Å². The average Bonchev–Trinajstić information content (AvgIpc) is 2.79. The molecule has 2 aromatic rings. The lowest BCUT2D eigenvalue weighted by Crippen LogP contribution is -2.05. The predicted octanol–water partition coefficient (Wildman–Crippen LogP) is 2.79. The maximum absolute atomic E-state index is 13.0. The fraction of sp³-hybridized carbons (Fsp3) is 0.333. The molecule has 0 radical (unpaired) electrons. The minimum absolute atomic E-state index is 0.00824. The summed E-state index contributed by atoms with van der Waals surface area (Å²) in [5.74, 6) is -0.636. The van der Waals surface area contributed by atoms with Crippen molar-refractivity contribution < 1.29 is 17.3 Å². The first-order valence-corrected chi connectivity index (χ1v) is 7.94. The van der Waals surface area contributed by atoms with Crippen molar-refractivity contribution in [2.45, 2.75) is 30.4 Å². The summed E-state index contributed by atoms with van der Waals surface area (Å²) in [6.45, 7) is 1.95. The van der Waals surface area contributed by atoms with Crippen LogP contribution in [-0.2, 0) is 22.0 Å². The van der Waals surface area contributed by atoms with E-state index in [9.17, 15) is 12.8 Å². The largest absolute Gasteiger partial charge is 0.338 e. The standard InChI is InChI=1S/C12H12ClFN2O3S/c1-2-3-11-15-12(19-16-11)7-20(17,18)8-4-5-10(14)9(13)6-8/h4-6H,2-3,7H2,1H3. The average molecular weight is 319 g/mol. The molecule has 20 heavy (non-hydrogen) atoms. The van der Waals surface area contributed by atoms with Gasteiger partial charge in [-0.15, -0.1) is 0 Å². The number of sulfone groups is 1. The van der Waals surface area contributed by atoms with Crippen molar-refractivity contribution in [2.75, 3.05) is 0 Å². The highest BCUT2D eigenvalue weighted by molar-refractivity contribution is 7.90. The smallest absolute Gasteiger partial charge is 0.242 e. The van der Waals surface area contributed by atoms with E-state index in [4.69, 9.17) is 16.1 Å². The number of hydrogen-bond donors (Lipinski definition) is 0. The molecule has 5 nitrogen and oxygen atoms in total. The topological polar surface area (TPSA) is 73.1 Å². The molecule has 2 rings (SSSR count). The number of aryl methyl sites for hydroxylation is 1. The third-order valence-corrected chi connectivity index (χ3v) is 4.44. The summed E-state index contributed by atoms with van der Waals surface area (Å²) < 4.78 is 42.2. The molecule has 0 aliphatic heterocycles. The third kappa shape index (κ3) is 3.34. The lowest BCUT2D eigenvalue weighted by Gasteiger charge is -2.02. The van der Waals surface area contributed by atoms with Gasteiger partial charge in [0, 0.05) is 6.42 Å². The highest BCUT2D eigenvalue weighted by Crippen LogP contribution is 2.22. The first kappa shape index (κ1) is 14.9. The van der Waals surface area contributed by atoms with Crippen LogP contribution in [0.3, 0.4) is 0 Å². The Labute approximate surface area is 120 Å². The lowest BCUT2D eigenvalue weighted by atomic mass is 10.3. The van der Waals surface area contributed by atoms with Gasteiger partial charge in [0.2, 0.25) is 5.89 Å². The van der Waals surface area contributed by atoms with Gasteiger partial charge in [0.25, 0.3) is 0 Å². The van der Waals surface area contributed by atoms with Crippen molar-refractivity contribution in [3.05, 3.63) is 40.8 Å². The molecule has 0 N–H and O–H groups in total. The van der Waals surface area contributed by atoms with E-state index in [0.717, 1.165) is 24.6 Å². The number of aromatic nitrogens is 2. The molecular weight excluding hydrogens is 307 g/mol. The molecule has 0 aliphatic carbocycles. The van der Waals surface area contributed by atoms with Gasteiger partial charge >= 0.3 is 0 Å². The van der Waals surface area contributed by atoms with Crippen LogP contribution in [0, 0.1) is 5.82 Å². The Morgan fingerprint density at radius 1 is 1.40 bits per heavy atom. The molecule has 1 aromatic carbocycles. The van der Waals surface area contributed by atoms with Crippen LogP contribution in [-0.4, -0.2) is 18.6 Å². The number of halogens is 2. The van der Waals surface area contributed by atoms with E-state index in [1.54, 1.807) is 0 Å². The van der Waals surface area contributed by atoms with E-state index >= 15 is 0 Å². The molecule has 1 heterocycles. The highest BCUT2D eigenvalue weighted by Gasteiger charge is 2.20.